The average Bonchev–Trinajstić information content (AvgIpc) is 2.96. The van der Waals surface area contributed by atoms with Crippen LogP contribution in [0.1, 0.15) is 12.6 Å². The van der Waals surface area contributed by atoms with Gasteiger partial charge in [0.25, 0.3) is 0 Å². The Morgan fingerprint density at radius 1 is 1.14 bits per heavy atom. The zero-order valence-electron chi connectivity index (χ0n) is 15.2. The molecule has 0 radical (unpaired) electrons. The lowest BCUT2D eigenvalue weighted by Gasteiger charge is -2.20. The lowest BCUT2D eigenvalue weighted by atomic mass is 10.2. The molecule has 0 saturated carbocycles. The molecule has 2 heterocycles. The van der Waals surface area contributed by atoms with Crippen LogP contribution < -0.4 is 10.6 Å². The van der Waals surface area contributed by atoms with Gasteiger partial charge in [0.15, 0.2) is 19.7 Å². The van der Waals surface area contributed by atoms with E-state index in [1.807, 2.05) is 0 Å². The van der Waals surface area contributed by atoms with E-state index in [1.54, 1.807) is 24.4 Å². The Balaban J connectivity index is 1.82. The molecule has 28 heavy (non-hydrogen) atoms. The summed E-state index contributed by atoms with van der Waals surface area (Å²) < 4.78 is 50.4. The van der Waals surface area contributed by atoms with Crippen molar-refractivity contribution in [2.75, 3.05) is 16.8 Å². The van der Waals surface area contributed by atoms with Crippen molar-refractivity contribution in [1.29, 1.82) is 0 Å². The molecule has 150 valence electrons. The summed E-state index contributed by atoms with van der Waals surface area (Å²) >= 11 is 0. The summed E-state index contributed by atoms with van der Waals surface area (Å²) in [4.78, 5) is 15.3. The minimum Gasteiger partial charge on any atom is -0.326 e. The van der Waals surface area contributed by atoms with Crippen LogP contribution in [-0.4, -0.2) is 50.5 Å². The van der Waals surface area contributed by atoms with Crippen LogP contribution in [0.25, 0.3) is 0 Å². The Bertz CT molecular complexity index is 1050. The Kier molecular flexibility index (Phi) is 5.82. The fourth-order valence-corrected chi connectivity index (χ4v) is 7.87. The fraction of sp³-hybridized carbons (Fsp3) is 0.333. The zero-order valence-corrected chi connectivity index (χ0v) is 16.8. The van der Waals surface area contributed by atoms with Crippen LogP contribution in [-0.2, 0) is 31.0 Å². The van der Waals surface area contributed by atoms with Gasteiger partial charge in [-0.2, -0.15) is 0 Å². The minimum absolute atomic E-state index is 0.0216. The van der Waals surface area contributed by atoms with E-state index in [2.05, 4.69) is 15.6 Å². The Morgan fingerprint density at radius 2 is 1.86 bits per heavy atom. The summed E-state index contributed by atoms with van der Waals surface area (Å²) in [7, 11) is -7.37. The smallest absolute Gasteiger partial charge is 0.221 e. The van der Waals surface area contributed by atoms with Gasteiger partial charge >= 0.3 is 0 Å². The maximum Gasteiger partial charge on any atom is 0.221 e. The highest BCUT2D eigenvalue weighted by Gasteiger charge is 2.45. The van der Waals surface area contributed by atoms with Gasteiger partial charge in [-0.25, -0.2) is 16.8 Å². The second-order valence-corrected chi connectivity index (χ2v) is 11.0. The zero-order chi connectivity index (χ0) is 20.4. The van der Waals surface area contributed by atoms with Crippen molar-refractivity contribution in [1.82, 2.24) is 10.3 Å². The number of carbonyl (C=O) groups excluding carboxylic acids is 1. The third-order valence-electron chi connectivity index (χ3n) is 4.47. The van der Waals surface area contributed by atoms with Crippen molar-refractivity contribution in [3.05, 3.63) is 54.4 Å². The number of benzene rings is 1. The molecule has 1 saturated heterocycles. The molecular formula is C18H21N3O5S2. The molecule has 0 spiro atoms. The number of amides is 1. The molecule has 2 atom stereocenters. The first-order valence-corrected chi connectivity index (χ1v) is 12.0. The van der Waals surface area contributed by atoms with E-state index >= 15 is 0 Å². The van der Waals surface area contributed by atoms with Crippen LogP contribution in [0.2, 0.25) is 0 Å². The summed E-state index contributed by atoms with van der Waals surface area (Å²) in [6.45, 7) is 1.63. The summed E-state index contributed by atoms with van der Waals surface area (Å²) in [5.74, 6) is -0.938. The molecule has 1 amide bonds. The topological polar surface area (TPSA) is 122 Å². The van der Waals surface area contributed by atoms with Crippen LogP contribution in [0.15, 0.2) is 53.6 Å². The molecule has 0 unspecified atom stereocenters. The minimum atomic E-state index is -3.88. The van der Waals surface area contributed by atoms with E-state index in [1.165, 1.54) is 31.2 Å². The highest BCUT2D eigenvalue weighted by atomic mass is 32.2. The van der Waals surface area contributed by atoms with Gasteiger partial charge in [0.05, 0.1) is 27.3 Å². The Labute approximate surface area is 164 Å². The van der Waals surface area contributed by atoms with E-state index in [-0.39, 0.29) is 23.1 Å². The molecule has 2 N–H and O–H groups in total. The lowest BCUT2D eigenvalue weighted by Crippen LogP contribution is -2.43. The lowest BCUT2D eigenvalue weighted by molar-refractivity contribution is -0.114. The summed E-state index contributed by atoms with van der Waals surface area (Å²) in [6, 6.07) is 10.3. The molecular weight excluding hydrogens is 402 g/mol. The fourth-order valence-electron chi connectivity index (χ4n) is 3.16. The van der Waals surface area contributed by atoms with Gasteiger partial charge in [-0.15, -0.1) is 0 Å². The molecule has 1 fully saturated rings. The molecule has 3 rings (SSSR count). The van der Waals surface area contributed by atoms with E-state index in [0.29, 0.717) is 11.4 Å². The average molecular weight is 424 g/mol. The number of hydrogen-bond donors (Lipinski definition) is 2. The Hall–Kier alpha value is -2.30. The van der Waals surface area contributed by atoms with Gasteiger partial charge in [0, 0.05) is 31.4 Å². The molecule has 10 heteroatoms. The van der Waals surface area contributed by atoms with Crippen molar-refractivity contribution in [3.63, 3.8) is 0 Å². The first-order chi connectivity index (χ1) is 13.2. The van der Waals surface area contributed by atoms with Crippen LogP contribution in [0.3, 0.4) is 0 Å². The SMILES string of the molecule is CC(=O)Nc1ccc(S(=O)(=O)[C@H]2CS(=O)(=O)C[C@@H]2NCc2ccccn2)cc1. The number of pyridine rings is 1. The number of carbonyl (C=O) groups is 1. The molecule has 1 aliphatic rings. The normalized spacial score (nSPS) is 21.3. The highest BCUT2D eigenvalue weighted by Crippen LogP contribution is 2.27. The van der Waals surface area contributed by atoms with E-state index in [9.17, 15) is 21.6 Å². The number of sulfone groups is 2. The van der Waals surface area contributed by atoms with Crippen LogP contribution >= 0.6 is 0 Å². The van der Waals surface area contributed by atoms with E-state index < -0.39 is 36.7 Å². The predicted octanol–water partition coefficient (Wildman–Crippen LogP) is 0.769. The van der Waals surface area contributed by atoms with Gasteiger partial charge in [-0.05, 0) is 36.4 Å². The van der Waals surface area contributed by atoms with Crippen molar-refractivity contribution in [2.24, 2.45) is 0 Å². The number of rotatable bonds is 6. The number of anilines is 1. The maximum atomic E-state index is 13.1. The van der Waals surface area contributed by atoms with Gasteiger partial charge < -0.3 is 10.6 Å². The number of hydrogen-bond acceptors (Lipinski definition) is 7. The first-order valence-electron chi connectivity index (χ1n) is 8.63. The van der Waals surface area contributed by atoms with E-state index in [0.717, 1.165) is 0 Å². The first kappa shape index (κ1) is 20.4. The largest absolute Gasteiger partial charge is 0.326 e. The number of aromatic nitrogens is 1. The molecule has 8 nitrogen and oxygen atoms in total. The standard InChI is InChI=1S/C18H21N3O5S2/c1-13(22)21-14-5-7-16(8-6-14)28(25,26)18-12-27(23,24)11-17(18)20-10-15-4-2-3-9-19-15/h2-9,17-18,20H,10-12H2,1H3,(H,21,22)/t17-,18-/m0/s1. The second kappa shape index (κ2) is 7.98. The quantitative estimate of drug-likeness (QED) is 0.703. The predicted molar refractivity (Wildman–Crippen MR) is 105 cm³/mol. The van der Waals surface area contributed by atoms with Crippen LogP contribution in [0.4, 0.5) is 5.69 Å². The third kappa shape index (κ3) is 4.75. The summed E-state index contributed by atoms with van der Waals surface area (Å²) in [5.41, 5.74) is 1.16. The molecule has 1 aromatic heterocycles. The Morgan fingerprint density at radius 3 is 2.46 bits per heavy atom. The monoisotopic (exact) mass is 423 g/mol. The van der Waals surface area contributed by atoms with Gasteiger partial charge in [-0.3, -0.25) is 9.78 Å². The van der Waals surface area contributed by atoms with Gasteiger partial charge in [0.2, 0.25) is 5.91 Å². The summed E-state index contributed by atoms with van der Waals surface area (Å²) in [6.07, 6.45) is 1.62. The van der Waals surface area contributed by atoms with Crippen LogP contribution in [0.5, 0.6) is 0 Å². The summed E-state index contributed by atoms with van der Waals surface area (Å²) in [5, 5.41) is 4.51. The number of nitrogens with zero attached hydrogens (tertiary/aromatic N) is 1. The molecule has 1 aromatic carbocycles. The van der Waals surface area contributed by atoms with Crippen molar-refractivity contribution in [3.8, 4) is 0 Å². The second-order valence-electron chi connectivity index (χ2n) is 6.67. The molecule has 0 bridgehead atoms. The van der Waals surface area contributed by atoms with Gasteiger partial charge in [-0.1, -0.05) is 6.07 Å². The number of nitrogens with one attached hydrogen (secondary N) is 2. The molecule has 0 aliphatic carbocycles. The maximum absolute atomic E-state index is 13.1. The van der Waals surface area contributed by atoms with Crippen molar-refractivity contribution in [2.45, 2.75) is 29.7 Å². The highest BCUT2D eigenvalue weighted by molar-refractivity contribution is 7.96. The van der Waals surface area contributed by atoms with Crippen molar-refractivity contribution < 1.29 is 21.6 Å². The van der Waals surface area contributed by atoms with Crippen LogP contribution in [0, 0.1) is 0 Å². The molecule has 2 aromatic rings. The third-order valence-corrected chi connectivity index (χ3v) is 8.64. The molecule has 1 aliphatic heterocycles. The van der Waals surface area contributed by atoms with Crippen molar-refractivity contribution >= 4 is 31.3 Å². The van der Waals surface area contributed by atoms with E-state index in [4.69, 9.17) is 0 Å². The van der Waals surface area contributed by atoms with Gasteiger partial charge in [0.1, 0.15) is 0 Å².